The summed E-state index contributed by atoms with van der Waals surface area (Å²) in [5.74, 6) is -0.306. The van der Waals surface area contributed by atoms with E-state index in [9.17, 15) is 9.18 Å². The minimum absolute atomic E-state index is 0.0244. The van der Waals surface area contributed by atoms with Crippen molar-refractivity contribution in [3.05, 3.63) is 29.1 Å². The van der Waals surface area contributed by atoms with Gasteiger partial charge in [0.15, 0.2) is 5.78 Å². The number of carbonyl (C=O) groups is 1. The smallest absolute Gasteiger partial charge is 0.166 e. The Hall–Kier alpha value is -1.38. The van der Waals surface area contributed by atoms with Gasteiger partial charge < -0.3 is 5.32 Å². The molecule has 68 valence electrons. The van der Waals surface area contributed by atoms with Crippen molar-refractivity contribution in [2.45, 2.75) is 13.3 Å². The average Bonchev–Trinajstić information content (AvgIpc) is 2.07. The van der Waals surface area contributed by atoms with E-state index >= 15 is 0 Å². The van der Waals surface area contributed by atoms with Gasteiger partial charge in [-0.25, -0.2) is 4.39 Å². The lowest BCUT2D eigenvalue weighted by molar-refractivity contribution is 0.0983. The molecule has 1 aromatic rings. The van der Waals surface area contributed by atoms with Crippen LogP contribution < -0.4 is 5.32 Å². The topological polar surface area (TPSA) is 29.1 Å². The van der Waals surface area contributed by atoms with E-state index in [1.54, 1.807) is 13.0 Å². The van der Waals surface area contributed by atoms with Gasteiger partial charge in [-0.1, -0.05) is 0 Å². The molecule has 0 bridgehead atoms. The van der Waals surface area contributed by atoms with Gasteiger partial charge in [0.2, 0.25) is 0 Å². The second-order valence-electron chi connectivity index (χ2n) is 3.27. The number of rotatable bonds is 0. The van der Waals surface area contributed by atoms with Crippen molar-refractivity contribution in [1.82, 2.24) is 0 Å². The van der Waals surface area contributed by atoms with E-state index in [0.717, 1.165) is 5.56 Å². The van der Waals surface area contributed by atoms with Crippen molar-refractivity contribution < 1.29 is 9.18 Å². The second kappa shape index (κ2) is 2.83. The Morgan fingerprint density at radius 1 is 1.46 bits per heavy atom. The standard InChI is InChI=1S/C10H10FNO/c1-6-4-7-9(13)2-3-12-10(7)8(11)5-6/h4-5,12H,2-3H2,1H3. The molecule has 0 saturated heterocycles. The molecule has 0 amide bonds. The molecule has 13 heavy (non-hydrogen) atoms. The molecule has 0 atom stereocenters. The molecule has 2 nitrogen and oxygen atoms in total. The fraction of sp³-hybridized carbons (Fsp3) is 0.300. The van der Waals surface area contributed by atoms with E-state index in [1.807, 2.05) is 0 Å². The Morgan fingerprint density at radius 2 is 2.23 bits per heavy atom. The molecule has 2 rings (SSSR count). The minimum atomic E-state index is -0.331. The van der Waals surface area contributed by atoms with E-state index in [4.69, 9.17) is 0 Å². The number of Topliss-reactive ketones (excluding diaryl/α,β-unsaturated/α-hetero) is 1. The molecule has 0 fully saturated rings. The van der Waals surface area contributed by atoms with Gasteiger partial charge in [0.05, 0.1) is 5.69 Å². The lowest BCUT2D eigenvalue weighted by Gasteiger charge is -2.17. The lowest BCUT2D eigenvalue weighted by atomic mass is 10.00. The summed E-state index contributed by atoms with van der Waals surface area (Å²) in [7, 11) is 0. The van der Waals surface area contributed by atoms with Crippen LogP contribution in [-0.2, 0) is 0 Å². The fourth-order valence-corrected chi connectivity index (χ4v) is 1.58. The van der Waals surface area contributed by atoms with Crippen LogP contribution in [0, 0.1) is 12.7 Å². The van der Waals surface area contributed by atoms with Crippen molar-refractivity contribution in [2.24, 2.45) is 0 Å². The van der Waals surface area contributed by atoms with Gasteiger partial charge in [-0.05, 0) is 24.6 Å². The Morgan fingerprint density at radius 3 is 3.00 bits per heavy atom. The SMILES string of the molecule is Cc1cc(F)c2c(c1)C(=O)CCN2. The van der Waals surface area contributed by atoms with Crippen molar-refractivity contribution in [2.75, 3.05) is 11.9 Å². The monoisotopic (exact) mass is 179 g/mol. The fourth-order valence-electron chi connectivity index (χ4n) is 1.58. The van der Waals surface area contributed by atoms with Crippen molar-refractivity contribution in [3.63, 3.8) is 0 Å². The van der Waals surface area contributed by atoms with Gasteiger partial charge in [0.1, 0.15) is 5.82 Å². The molecule has 1 N–H and O–H groups in total. The molecule has 0 aromatic heterocycles. The van der Waals surface area contributed by atoms with Crippen LogP contribution in [0.2, 0.25) is 0 Å². The molecular weight excluding hydrogens is 169 g/mol. The first-order valence-electron chi connectivity index (χ1n) is 4.25. The molecule has 1 aliphatic heterocycles. The average molecular weight is 179 g/mol. The van der Waals surface area contributed by atoms with Gasteiger partial charge in [-0.15, -0.1) is 0 Å². The maximum atomic E-state index is 13.3. The summed E-state index contributed by atoms with van der Waals surface area (Å²) < 4.78 is 13.3. The summed E-state index contributed by atoms with van der Waals surface area (Å²) in [6.07, 6.45) is 0.454. The number of benzene rings is 1. The Balaban J connectivity index is 2.63. The predicted octanol–water partition coefficient (Wildman–Crippen LogP) is 2.13. The largest absolute Gasteiger partial charge is 0.382 e. The maximum absolute atomic E-state index is 13.3. The Bertz CT molecular complexity index is 373. The van der Waals surface area contributed by atoms with Crippen LogP contribution in [-0.4, -0.2) is 12.3 Å². The highest BCUT2D eigenvalue weighted by molar-refractivity contribution is 6.03. The molecule has 3 heteroatoms. The van der Waals surface area contributed by atoms with E-state index < -0.39 is 0 Å². The summed E-state index contributed by atoms with van der Waals surface area (Å²) in [4.78, 5) is 11.4. The highest BCUT2D eigenvalue weighted by Gasteiger charge is 2.19. The number of anilines is 1. The van der Waals surface area contributed by atoms with Crippen LogP contribution >= 0.6 is 0 Å². The third kappa shape index (κ3) is 1.30. The molecule has 0 aliphatic carbocycles. The summed E-state index contributed by atoms with van der Waals surface area (Å²) >= 11 is 0. The Kier molecular flexibility index (Phi) is 1.79. The van der Waals surface area contributed by atoms with Gasteiger partial charge in [-0.3, -0.25) is 4.79 Å². The first-order chi connectivity index (χ1) is 6.18. The van der Waals surface area contributed by atoms with Crippen LogP contribution in [0.5, 0.6) is 0 Å². The highest BCUT2D eigenvalue weighted by Crippen LogP contribution is 2.26. The van der Waals surface area contributed by atoms with Gasteiger partial charge in [0, 0.05) is 18.5 Å². The normalized spacial score (nSPS) is 15.1. The first kappa shape index (κ1) is 8.23. The van der Waals surface area contributed by atoms with Crippen LogP contribution in [0.1, 0.15) is 22.3 Å². The number of nitrogens with one attached hydrogen (secondary N) is 1. The van der Waals surface area contributed by atoms with Crippen molar-refractivity contribution in [3.8, 4) is 0 Å². The zero-order chi connectivity index (χ0) is 9.42. The van der Waals surface area contributed by atoms with E-state index in [2.05, 4.69) is 5.32 Å². The third-order valence-electron chi connectivity index (χ3n) is 2.19. The maximum Gasteiger partial charge on any atom is 0.166 e. The van der Waals surface area contributed by atoms with E-state index in [1.165, 1.54) is 6.07 Å². The van der Waals surface area contributed by atoms with Gasteiger partial charge in [-0.2, -0.15) is 0 Å². The number of ketones is 1. The summed E-state index contributed by atoms with van der Waals surface area (Å²) in [5, 5.41) is 2.89. The third-order valence-corrected chi connectivity index (χ3v) is 2.19. The minimum Gasteiger partial charge on any atom is -0.382 e. The zero-order valence-corrected chi connectivity index (χ0v) is 7.36. The molecule has 1 aromatic carbocycles. The number of hydrogen-bond acceptors (Lipinski definition) is 2. The lowest BCUT2D eigenvalue weighted by Crippen LogP contribution is -2.19. The number of fused-ring (bicyclic) bond motifs is 1. The van der Waals surface area contributed by atoms with Gasteiger partial charge >= 0.3 is 0 Å². The summed E-state index contributed by atoms with van der Waals surface area (Å²) in [6.45, 7) is 2.32. The summed E-state index contributed by atoms with van der Waals surface area (Å²) in [5.41, 5.74) is 1.64. The number of carbonyl (C=O) groups excluding carboxylic acids is 1. The predicted molar refractivity (Wildman–Crippen MR) is 48.6 cm³/mol. The van der Waals surface area contributed by atoms with Crippen molar-refractivity contribution >= 4 is 11.5 Å². The number of hydrogen-bond donors (Lipinski definition) is 1. The summed E-state index contributed by atoms with van der Waals surface area (Å²) in [6, 6.07) is 3.16. The van der Waals surface area contributed by atoms with Crippen LogP contribution in [0.15, 0.2) is 12.1 Å². The highest BCUT2D eigenvalue weighted by atomic mass is 19.1. The van der Waals surface area contributed by atoms with Crippen LogP contribution in [0.25, 0.3) is 0 Å². The van der Waals surface area contributed by atoms with E-state index in [0.29, 0.717) is 24.2 Å². The first-order valence-corrected chi connectivity index (χ1v) is 4.25. The van der Waals surface area contributed by atoms with E-state index in [-0.39, 0.29) is 11.6 Å². The molecule has 0 spiro atoms. The Labute approximate surface area is 75.8 Å². The zero-order valence-electron chi connectivity index (χ0n) is 7.36. The van der Waals surface area contributed by atoms with Crippen molar-refractivity contribution in [1.29, 1.82) is 0 Å². The van der Waals surface area contributed by atoms with Gasteiger partial charge in [0.25, 0.3) is 0 Å². The van der Waals surface area contributed by atoms with Crippen LogP contribution in [0.4, 0.5) is 10.1 Å². The molecule has 1 heterocycles. The second-order valence-corrected chi connectivity index (χ2v) is 3.27. The van der Waals surface area contributed by atoms with Crippen LogP contribution in [0.3, 0.4) is 0 Å². The number of aryl methyl sites for hydroxylation is 1. The molecule has 1 aliphatic rings. The molecule has 0 saturated carbocycles. The molecular formula is C10H10FNO. The quantitative estimate of drug-likeness (QED) is 0.661. The number of halogens is 1. The molecule has 0 unspecified atom stereocenters. The molecule has 0 radical (unpaired) electrons.